The maximum Gasteiger partial charge on any atom is 0.377 e. The molecule has 0 spiro atoms. The molecule has 0 aliphatic carbocycles. The molecular weight excluding hydrogens is 316 g/mol. The second kappa shape index (κ2) is 5.93. The van der Waals surface area contributed by atoms with Gasteiger partial charge in [-0.25, -0.2) is 9.59 Å². The van der Waals surface area contributed by atoms with E-state index in [1.807, 2.05) is 0 Å². The first kappa shape index (κ1) is 16.2. The quantitative estimate of drug-likeness (QED) is 0.314. The molecule has 2 atom stereocenters. The maximum absolute atomic E-state index is 11.7. The van der Waals surface area contributed by atoms with Gasteiger partial charge in [-0.15, -0.1) is 0 Å². The number of carbonyl (C=O) groups is 2. The number of hydrogen-bond acceptors (Lipinski definition) is 10. The highest BCUT2D eigenvalue weighted by molar-refractivity contribution is 5.91. The smallest absolute Gasteiger partial charge is 0.377 e. The Hall–Kier alpha value is -3.14. The second-order valence-electron chi connectivity index (χ2n) is 4.59. The summed E-state index contributed by atoms with van der Waals surface area (Å²) in [6.07, 6.45) is -3.25. The normalized spacial score (nSPS) is 18.7. The van der Waals surface area contributed by atoms with Crippen LogP contribution in [-0.2, 0) is 14.3 Å². The average Bonchev–Trinajstić information content (AvgIpc) is 2.77. The molecule has 0 amide bonds. The Morgan fingerprint density at radius 3 is 2.22 bits per heavy atom. The predicted octanol–water partition coefficient (Wildman–Crippen LogP) is -0.426. The summed E-state index contributed by atoms with van der Waals surface area (Å²) in [5.74, 6) is -6.57. The Bertz CT molecular complexity index is 669. The van der Waals surface area contributed by atoms with Crippen LogP contribution in [0.5, 0.6) is 17.2 Å². The average molecular weight is 328 g/mol. The van der Waals surface area contributed by atoms with Crippen LogP contribution in [0, 0.1) is 0 Å². The van der Waals surface area contributed by atoms with E-state index in [-0.39, 0.29) is 5.56 Å². The van der Waals surface area contributed by atoms with Gasteiger partial charge in [0, 0.05) is 0 Å². The fourth-order valence-corrected chi connectivity index (χ4v) is 1.78. The third kappa shape index (κ3) is 3.06. The van der Waals surface area contributed by atoms with Gasteiger partial charge in [-0.05, 0) is 12.1 Å². The number of aliphatic hydroxyl groups excluding tert-OH is 3. The highest BCUT2D eigenvalue weighted by atomic mass is 16.6. The molecule has 0 fully saturated rings. The molecule has 6 N–H and O–H groups in total. The zero-order valence-corrected chi connectivity index (χ0v) is 11.3. The Morgan fingerprint density at radius 2 is 1.74 bits per heavy atom. The van der Waals surface area contributed by atoms with E-state index in [1.54, 1.807) is 0 Å². The number of phenolic OH excluding ortho intramolecular Hbond substituents is 3. The van der Waals surface area contributed by atoms with E-state index < -0.39 is 59.5 Å². The topological polar surface area (TPSA) is 174 Å². The molecular formula is C13H12O10. The molecule has 1 aliphatic heterocycles. The Labute approximate surface area is 128 Å². The summed E-state index contributed by atoms with van der Waals surface area (Å²) < 4.78 is 9.14. The molecule has 10 heteroatoms. The lowest BCUT2D eigenvalue weighted by Crippen LogP contribution is -2.33. The van der Waals surface area contributed by atoms with E-state index in [0.29, 0.717) is 0 Å². The largest absolute Gasteiger partial charge is 0.505 e. The molecule has 1 aromatic rings. The maximum atomic E-state index is 11.7. The third-order valence-electron chi connectivity index (χ3n) is 2.98. The van der Waals surface area contributed by atoms with Crippen molar-refractivity contribution in [1.82, 2.24) is 0 Å². The minimum absolute atomic E-state index is 0.323. The predicted molar refractivity (Wildman–Crippen MR) is 69.9 cm³/mol. The Balaban J connectivity index is 2.01. The van der Waals surface area contributed by atoms with Crippen LogP contribution in [0.1, 0.15) is 10.4 Å². The zero-order chi connectivity index (χ0) is 17.3. The zero-order valence-electron chi connectivity index (χ0n) is 11.3. The van der Waals surface area contributed by atoms with Crippen molar-refractivity contribution in [1.29, 1.82) is 0 Å². The van der Waals surface area contributed by atoms with Gasteiger partial charge >= 0.3 is 11.9 Å². The highest BCUT2D eigenvalue weighted by Crippen LogP contribution is 2.35. The number of phenols is 3. The van der Waals surface area contributed by atoms with Crippen LogP contribution >= 0.6 is 0 Å². The first-order valence-electron chi connectivity index (χ1n) is 6.15. The van der Waals surface area contributed by atoms with E-state index in [1.165, 1.54) is 0 Å². The van der Waals surface area contributed by atoms with E-state index in [9.17, 15) is 30.0 Å². The number of aromatic hydroxyl groups is 3. The van der Waals surface area contributed by atoms with Gasteiger partial charge in [-0.1, -0.05) is 0 Å². The monoisotopic (exact) mass is 328 g/mol. The number of benzene rings is 1. The molecule has 23 heavy (non-hydrogen) atoms. The van der Waals surface area contributed by atoms with Crippen LogP contribution in [-0.4, -0.2) is 61.4 Å². The number of hydrogen-bond donors (Lipinski definition) is 6. The van der Waals surface area contributed by atoms with Crippen LogP contribution in [0.3, 0.4) is 0 Å². The van der Waals surface area contributed by atoms with Crippen molar-refractivity contribution in [3.63, 3.8) is 0 Å². The van der Waals surface area contributed by atoms with E-state index >= 15 is 0 Å². The molecule has 124 valence electrons. The molecule has 10 nitrogen and oxygen atoms in total. The van der Waals surface area contributed by atoms with Crippen LogP contribution in [0.4, 0.5) is 0 Å². The van der Waals surface area contributed by atoms with Crippen LogP contribution < -0.4 is 0 Å². The summed E-state index contributed by atoms with van der Waals surface area (Å²) in [6.45, 7) is -0.726. The van der Waals surface area contributed by atoms with Crippen molar-refractivity contribution in [2.24, 2.45) is 0 Å². The van der Waals surface area contributed by atoms with Gasteiger partial charge < -0.3 is 40.1 Å². The van der Waals surface area contributed by atoms with Crippen LogP contribution in [0.2, 0.25) is 0 Å². The molecule has 0 saturated heterocycles. The molecule has 2 unspecified atom stereocenters. The second-order valence-corrected chi connectivity index (χ2v) is 4.59. The molecule has 2 rings (SSSR count). The minimum atomic E-state index is -1.66. The summed E-state index contributed by atoms with van der Waals surface area (Å²) in [4.78, 5) is 22.7. The van der Waals surface area contributed by atoms with Gasteiger partial charge in [0.15, 0.2) is 29.1 Å². The van der Waals surface area contributed by atoms with Crippen molar-refractivity contribution in [3.05, 3.63) is 29.2 Å². The first-order valence-corrected chi connectivity index (χ1v) is 6.15. The van der Waals surface area contributed by atoms with Gasteiger partial charge in [0.25, 0.3) is 0 Å². The molecule has 0 radical (unpaired) electrons. The lowest BCUT2D eigenvalue weighted by molar-refractivity contribution is -0.147. The third-order valence-corrected chi connectivity index (χ3v) is 2.98. The van der Waals surface area contributed by atoms with Crippen molar-refractivity contribution in [2.45, 2.75) is 12.2 Å². The fraction of sp³-hybridized carbons (Fsp3) is 0.231. The van der Waals surface area contributed by atoms with Gasteiger partial charge in [0.1, 0.15) is 12.7 Å². The molecule has 1 heterocycles. The van der Waals surface area contributed by atoms with Crippen molar-refractivity contribution < 1.29 is 49.7 Å². The van der Waals surface area contributed by atoms with Crippen molar-refractivity contribution in [2.75, 3.05) is 6.61 Å². The molecule has 1 aliphatic rings. The SMILES string of the molecule is O=C1OC(C(O)COC(=O)c2cc(O)c(O)c(O)c2)C(O)=C1O. The number of cyclic esters (lactones) is 1. The first-order chi connectivity index (χ1) is 10.7. The molecule has 1 aromatic carbocycles. The van der Waals surface area contributed by atoms with Crippen molar-refractivity contribution in [3.8, 4) is 17.2 Å². The molecule has 0 saturated carbocycles. The summed E-state index contributed by atoms with van der Waals surface area (Å²) in [5, 5.41) is 55.9. The van der Waals surface area contributed by atoms with Gasteiger partial charge in [-0.3, -0.25) is 0 Å². The van der Waals surface area contributed by atoms with E-state index in [4.69, 9.17) is 10.2 Å². The van der Waals surface area contributed by atoms with Gasteiger partial charge in [0.2, 0.25) is 5.76 Å². The fourth-order valence-electron chi connectivity index (χ4n) is 1.78. The molecule has 0 bridgehead atoms. The summed E-state index contributed by atoms with van der Waals surface area (Å²) in [5.41, 5.74) is -0.323. The molecule has 0 aromatic heterocycles. The lowest BCUT2D eigenvalue weighted by atomic mass is 10.1. The lowest BCUT2D eigenvalue weighted by Gasteiger charge is -2.17. The number of esters is 2. The number of carbonyl (C=O) groups excluding carboxylic acids is 2. The highest BCUT2D eigenvalue weighted by Gasteiger charge is 2.39. The standard InChI is InChI=1S/C13H12O10/c14-5-1-4(2-6(15)8(5)17)12(20)22-3-7(16)11-9(18)10(19)13(21)23-11/h1-2,7,11,14-19H,3H2. The minimum Gasteiger partial charge on any atom is -0.505 e. The van der Waals surface area contributed by atoms with E-state index in [0.717, 1.165) is 12.1 Å². The van der Waals surface area contributed by atoms with E-state index in [2.05, 4.69) is 9.47 Å². The van der Waals surface area contributed by atoms with Crippen molar-refractivity contribution >= 4 is 11.9 Å². The van der Waals surface area contributed by atoms with Gasteiger partial charge in [0.05, 0.1) is 5.56 Å². The van der Waals surface area contributed by atoms with Gasteiger partial charge in [-0.2, -0.15) is 0 Å². The number of ether oxygens (including phenoxy) is 2. The van der Waals surface area contributed by atoms with Crippen LogP contribution in [0.25, 0.3) is 0 Å². The summed E-state index contributed by atoms with van der Waals surface area (Å²) in [6, 6.07) is 1.64. The Morgan fingerprint density at radius 1 is 1.17 bits per heavy atom. The Kier molecular flexibility index (Phi) is 4.18. The number of aliphatic hydroxyl groups is 3. The summed E-state index contributed by atoms with van der Waals surface area (Å²) >= 11 is 0. The number of rotatable bonds is 4. The summed E-state index contributed by atoms with van der Waals surface area (Å²) in [7, 11) is 0. The van der Waals surface area contributed by atoms with Crippen LogP contribution in [0.15, 0.2) is 23.7 Å².